The molecule has 0 saturated heterocycles. The molecule has 0 spiro atoms. The van der Waals surface area contributed by atoms with Crippen LogP contribution in [0.4, 0.5) is 0 Å². The molecule has 1 aromatic carbocycles. The predicted octanol–water partition coefficient (Wildman–Crippen LogP) is 3.23. The van der Waals surface area contributed by atoms with E-state index in [0.717, 1.165) is 13.1 Å². The largest absolute Gasteiger partial charge is 0.313 e. The Morgan fingerprint density at radius 2 is 1.93 bits per heavy atom. The second-order valence-electron chi connectivity index (χ2n) is 3.71. The van der Waals surface area contributed by atoms with Gasteiger partial charge in [-0.1, -0.05) is 36.8 Å². The fourth-order valence-corrected chi connectivity index (χ4v) is 2.02. The molecule has 0 aromatic heterocycles. The summed E-state index contributed by atoms with van der Waals surface area (Å²) in [5.41, 5.74) is 2.71. The molecule has 2 heteroatoms. The summed E-state index contributed by atoms with van der Waals surface area (Å²) in [6.45, 7) is 6.46. The van der Waals surface area contributed by atoms with E-state index in [1.54, 1.807) is 0 Å². The van der Waals surface area contributed by atoms with Gasteiger partial charge in [-0.25, -0.2) is 0 Å². The van der Waals surface area contributed by atoms with Crippen molar-refractivity contribution in [2.75, 3.05) is 18.1 Å². The quantitative estimate of drug-likeness (QED) is 0.712. The molecule has 0 aliphatic carbocycles. The van der Waals surface area contributed by atoms with Crippen molar-refractivity contribution >= 4 is 11.8 Å². The Hall–Kier alpha value is -0.470. The van der Waals surface area contributed by atoms with Gasteiger partial charge in [0.25, 0.3) is 0 Å². The lowest BCUT2D eigenvalue weighted by Gasteiger charge is -2.04. The molecule has 84 valence electrons. The van der Waals surface area contributed by atoms with Crippen LogP contribution in [0.25, 0.3) is 0 Å². The minimum Gasteiger partial charge on any atom is -0.313 e. The lowest BCUT2D eigenvalue weighted by atomic mass is 10.1. The van der Waals surface area contributed by atoms with E-state index < -0.39 is 0 Å². The van der Waals surface area contributed by atoms with E-state index in [1.807, 2.05) is 11.8 Å². The van der Waals surface area contributed by atoms with Crippen LogP contribution in [0.3, 0.4) is 0 Å². The first-order valence-electron chi connectivity index (χ1n) is 5.67. The number of aryl methyl sites for hydroxylation is 1. The van der Waals surface area contributed by atoms with Crippen molar-refractivity contribution in [1.82, 2.24) is 5.32 Å². The van der Waals surface area contributed by atoms with Gasteiger partial charge in [0.05, 0.1) is 0 Å². The normalized spacial score (nSPS) is 10.5. The van der Waals surface area contributed by atoms with Crippen LogP contribution in [-0.4, -0.2) is 18.1 Å². The van der Waals surface area contributed by atoms with Crippen molar-refractivity contribution in [3.05, 3.63) is 35.4 Å². The molecule has 0 aliphatic rings. The van der Waals surface area contributed by atoms with Crippen molar-refractivity contribution in [3.63, 3.8) is 0 Å². The first-order valence-corrected chi connectivity index (χ1v) is 6.82. The highest BCUT2D eigenvalue weighted by molar-refractivity contribution is 7.99. The highest BCUT2D eigenvalue weighted by atomic mass is 32.2. The van der Waals surface area contributed by atoms with Gasteiger partial charge in [0.1, 0.15) is 0 Å². The van der Waals surface area contributed by atoms with Crippen LogP contribution in [-0.2, 0) is 6.54 Å². The van der Waals surface area contributed by atoms with E-state index in [9.17, 15) is 0 Å². The van der Waals surface area contributed by atoms with Gasteiger partial charge in [-0.2, -0.15) is 11.8 Å². The third-order valence-corrected chi connectivity index (χ3v) is 3.28. The molecule has 0 bridgehead atoms. The summed E-state index contributed by atoms with van der Waals surface area (Å²) in [7, 11) is 0. The molecule has 0 aliphatic heterocycles. The molecule has 1 N–H and O–H groups in total. The van der Waals surface area contributed by atoms with Crippen LogP contribution in [0.2, 0.25) is 0 Å². The lowest BCUT2D eigenvalue weighted by molar-refractivity contribution is 0.679. The molecule has 0 radical (unpaired) electrons. The Labute approximate surface area is 97.7 Å². The highest BCUT2D eigenvalue weighted by Crippen LogP contribution is 2.03. The number of hydrogen-bond donors (Lipinski definition) is 1. The molecular weight excluding hydrogens is 202 g/mol. The van der Waals surface area contributed by atoms with Gasteiger partial charge in [-0.05, 0) is 37.0 Å². The second kappa shape index (κ2) is 7.77. The molecule has 0 heterocycles. The Morgan fingerprint density at radius 1 is 1.20 bits per heavy atom. The van der Waals surface area contributed by atoms with E-state index >= 15 is 0 Å². The highest BCUT2D eigenvalue weighted by Gasteiger charge is 1.92. The van der Waals surface area contributed by atoms with E-state index in [2.05, 4.69) is 43.4 Å². The average molecular weight is 223 g/mol. The molecule has 1 rings (SSSR count). The zero-order chi connectivity index (χ0) is 10.9. The van der Waals surface area contributed by atoms with Crippen molar-refractivity contribution in [2.24, 2.45) is 0 Å². The minimum atomic E-state index is 0.997. The summed E-state index contributed by atoms with van der Waals surface area (Å²) in [6.07, 6.45) is 1.27. The zero-order valence-electron chi connectivity index (χ0n) is 9.75. The lowest BCUT2D eigenvalue weighted by Crippen LogP contribution is -2.15. The van der Waals surface area contributed by atoms with Gasteiger partial charge in [-0.3, -0.25) is 0 Å². The first-order chi connectivity index (χ1) is 7.33. The molecule has 0 atom stereocenters. The fraction of sp³-hybridized carbons (Fsp3) is 0.538. The van der Waals surface area contributed by atoms with Gasteiger partial charge in [0.15, 0.2) is 0 Å². The topological polar surface area (TPSA) is 12.0 Å². The van der Waals surface area contributed by atoms with E-state index in [0.29, 0.717) is 0 Å². The van der Waals surface area contributed by atoms with Crippen LogP contribution in [0.15, 0.2) is 24.3 Å². The molecule has 1 nitrogen and oxygen atoms in total. The summed E-state index contributed by atoms with van der Waals surface area (Å²) >= 11 is 2.02. The maximum Gasteiger partial charge on any atom is 0.0205 e. The Morgan fingerprint density at radius 3 is 2.60 bits per heavy atom. The van der Waals surface area contributed by atoms with Crippen LogP contribution in [0, 0.1) is 6.92 Å². The van der Waals surface area contributed by atoms with Gasteiger partial charge < -0.3 is 5.32 Å². The Kier molecular flexibility index (Phi) is 6.53. The Bertz CT molecular complexity index is 256. The molecule has 0 saturated carbocycles. The molecular formula is C13H21NS. The van der Waals surface area contributed by atoms with E-state index in [4.69, 9.17) is 0 Å². The molecule has 0 fully saturated rings. The fourth-order valence-electron chi connectivity index (χ4n) is 1.38. The smallest absolute Gasteiger partial charge is 0.0205 e. The summed E-state index contributed by atoms with van der Waals surface area (Å²) in [5.74, 6) is 2.51. The molecule has 0 unspecified atom stereocenters. The number of thioether (sulfide) groups is 1. The predicted molar refractivity (Wildman–Crippen MR) is 70.5 cm³/mol. The number of rotatable bonds is 7. The number of hydrogen-bond acceptors (Lipinski definition) is 2. The van der Waals surface area contributed by atoms with E-state index in [-0.39, 0.29) is 0 Å². The third-order valence-electron chi connectivity index (χ3n) is 2.30. The Balaban J connectivity index is 2.07. The van der Waals surface area contributed by atoms with Crippen molar-refractivity contribution in [1.29, 1.82) is 0 Å². The SMILES string of the molecule is CCSCCCNCc1ccc(C)cc1. The van der Waals surface area contributed by atoms with Crippen LogP contribution >= 0.6 is 11.8 Å². The van der Waals surface area contributed by atoms with Gasteiger partial charge in [0.2, 0.25) is 0 Å². The van der Waals surface area contributed by atoms with Gasteiger partial charge in [-0.15, -0.1) is 0 Å². The van der Waals surface area contributed by atoms with Crippen LogP contribution < -0.4 is 5.32 Å². The molecule has 1 aromatic rings. The van der Waals surface area contributed by atoms with Gasteiger partial charge >= 0.3 is 0 Å². The maximum atomic E-state index is 3.47. The summed E-state index contributed by atoms with van der Waals surface area (Å²) in [4.78, 5) is 0. The minimum absolute atomic E-state index is 0.997. The molecule has 0 amide bonds. The second-order valence-corrected chi connectivity index (χ2v) is 5.11. The monoisotopic (exact) mass is 223 g/mol. The van der Waals surface area contributed by atoms with Crippen LogP contribution in [0.1, 0.15) is 24.5 Å². The van der Waals surface area contributed by atoms with Crippen molar-refractivity contribution in [3.8, 4) is 0 Å². The van der Waals surface area contributed by atoms with Crippen molar-refractivity contribution < 1.29 is 0 Å². The number of nitrogens with one attached hydrogen (secondary N) is 1. The molecule has 15 heavy (non-hydrogen) atoms. The summed E-state index contributed by atoms with van der Waals surface area (Å²) < 4.78 is 0. The summed E-state index contributed by atoms with van der Waals surface area (Å²) in [5, 5.41) is 3.47. The third kappa shape index (κ3) is 5.85. The first kappa shape index (κ1) is 12.6. The van der Waals surface area contributed by atoms with E-state index in [1.165, 1.54) is 29.1 Å². The number of benzene rings is 1. The summed E-state index contributed by atoms with van der Waals surface area (Å²) in [6, 6.07) is 8.74. The standard InChI is InChI=1S/C13H21NS/c1-3-15-10-4-9-14-11-13-7-5-12(2)6-8-13/h5-8,14H,3-4,9-11H2,1-2H3. The van der Waals surface area contributed by atoms with Crippen molar-refractivity contribution in [2.45, 2.75) is 26.8 Å². The van der Waals surface area contributed by atoms with Crippen LogP contribution in [0.5, 0.6) is 0 Å². The average Bonchev–Trinajstić information content (AvgIpc) is 2.26. The maximum absolute atomic E-state index is 3.47. The zero-order valence-corrected chi connectivity index (χ0v) is 10.6. The van der Waals surface area contributed by atoms with Gasteiger partial charge in [0, 0.05) is 6.54 Å².